The van der Waals surface area contributed by atoms with Crippen molar-refractivity contribution in [2.24, 2.45) is 0 Å². The highest BCUT2D eigenvalue weighted by Gasteiger charge is 2.10. The van der Waals surface area contributed by atoms with Gasteiger partial charge >= 0.3 is 0 Å². The highest BCUT2D eigenvalue weighted by Crippen LogP contribution is 2.40. The van der Waals surface area contributed by atoms with E-state index >= 15 is 0 Å². The van der Waals surface area contributed by atoms with Crippen LogP contribution in [0.3, 0.4) is 0 Å². The molecule has 0 amide bonds. The van der Waals surface area contributed by atoms with Gasteiger partial charge in [-0.05, 0) is 119 Å². The van der Waals surface area contributed by atoms with Crippen molar-refractivity contribution in [3.63, 3.8) is 0 Å². The van der Waals surface area contributed by atoms with Crippen molar-refractivity contribution in [1.29, 1.82) is 0 Å². The van der Waals surface area contributed by atoms with Crippen LogP contribution in [-0.4, -0.2) is 9.97 Å². The van der Waals surface area contributed by atoms with Crippen LogP contribution in [0, 0.1) is 0 Å². The molecule has 0 saturated carbocycles. The minimum absolute atomic E-state index is 0.863. The van der Waals surface area contributed by atoms with Crippen LogP contribution >= 0.6 is 68.0 Å². The normalized spacial score (nSPS) is 11.7. The highest BCUT2D eigenvalue weighted by molar-refractivity contribution is 7.27. The Bertz CT molecular complexity index is 2110. The Morgan fingerprint density at radius 1 is 0.391 bits per heavy atom. The average molecular weight is 701 g/mol. The van der Waals surface area contributed by atoms with Crippen LogP contribution in [0.2, 0.25) is 0 Å². The molecule has 8 aromatic rings. The zero-order chi connectivity index (χ0) is 30.7. The maximum absolute atomic E-state index is 4.64. The van der Waals surface area contributed by atoms with E-state index in [1.54, 1.807) is 22.7 Å². The second-order valence-corrected chi connectivity index (χ2v) is 16.6. The Kier molecular flexibility index (Phi) is 8.54. The molecule has 8 heteroatoms. The molecule has 0 aliphatic rings. The number of pyridine rings is 2. The summed E-state index contributed by atoms with van der Waals surface area (Å²) in [4.78, 5) is 22.2. The first-order valence-corrected chi connectivity index (χ1v) is 19.5. The number of aromatic nitrogens is 2. The Morgan fingerprint density at radius 2 is 0.804 bits per heavy atom. The molecule has 46 heavy (non-hydrogen) atoms. The van der Waals surface area contributed by atoms with Crippen molar-refractivity contribution in [3.05, 3.63) is 141 Å². The molecule has 0 aliphatic carbocycles. The largest absolute Gasteiger partial charge is 0.255 e. The van der Waals surface area contributed by atoms with Crippen LogP contribution in [0.15, 0.2) is 120 Å². The number of thiophene rings is 6. The molecule has 8 rings (SSSR count). The fourth-order valence-electron chi connectivity index (χ4n) is 4.93. The van der Waals surface area contributed by atoms with Gasteiger partial charge in [0.25, 0.3) is 0 Å². The highest BCUT2D eigenvalue weighted by atomic mass is 32.1. The summed E-state index contributed by atoms with van der Waals surface area (Å²) >= 11 is 10.9. The third kappa shape index (κ3) is 6.59. The van der Waals surface area contributed by atoms with Crippen molar-refractivity contribution < 1.29 is 0 Å². The van der Waals surface area contributed by atoms with Gasteiger partial charge in [0.2, 0.25) is 0 Å². The second-order valence-electron chi connectivity index (χ2n) is 10.3. The third-order valence-electron chi connectivity index (χ3n) is 7.19. The first-order valence-electron chi connectivity index (χ1n) is 14.5. The topological polar surface area (TPSA) is 25.8 Å². The van der Waals surface area contributed by atoms with Gasteiger partial charge in [0.1, 0.15) is 0 Å². The van der Waals surface area contributed by atoms with Crippen molar-refractivity contribution in [2.75, 3.05) is 0 Å². The molecule has 0 spiro atoms. The summed E-state index contributed by atoms with van der Waals surface area (Å²) in [5, 5.41) is 4.26. The predicted octanol–water partition coefficient (Wildman–Crippen LogP) is 13.5. The summed E-state index contributed by atoms with van der Waals surface area (Å²) < 4.78 is 0. The fourth-order valence-corrected chi connectivity index (χ4v) is 10.6. The summed E-state index contributed by atoms with van der Waals surface area (Å²) in [6.45, 7) is 0. The van der Waals surface area contributed by atoms with E-state index in [-0.39, 0.29) is 0 Å². The molecular weight excluding hydrogens is 677 g/mol. The van der Waals surface area contributed by atoms with E-state index < -0.39 is 0 Å². The van der Waals surface area contributed by atoms with E-state index in [9.17, 15) is 0 Å². The summed E-state index contributed by atoms with van der Waals surface area (Å²) in [5.74, 6) is 0. The van der Waals surface area contributed by atoms with Crippen LogP contribution in [0.1, 0.15) is 20.9 Å². The van der Waals surface area contributed by atoms with Gasteiger partial charge in [-0.2, -0.15) is 0 Å². The smallest absolute Gasteiger partial charge is 0.0892 e. The molecule has 222 valence electrons. The maximum atomic E-state index is 4.64. The van der Waals surface area contributed by atoms with E-state index in [0.717, 1.165) is 22.5 Å². The number of rotatable bonds is 9. The molecular formula is C38H24N2S6. The molecule has 0 aromatic carbocycles. The van der Waals surface area contributed by atoms with E-state index in [2.05, 4.69) is 130 Å². The van der Waals surface area contributed by atoms with Crippen molar-refractivity contribution >= 4 is 92.3 Å². The minimum Gasteiger partial charge on any atom is -0.255 e. The van der Waals surface area contributed by atoms with Crippen LogP contribution in [0.4, 0.5) is 0 Å². The number of hydrogen-bond donors (Lipinski definition) is 0. The first-order chi connectivity index (χ1) is 22.7. The summed E-state index contributed by atoms with van der Waals surface area (Å²) in [6.07, 6.45) is 12.4. The molecule has 0 fully saturated rings. The van der Waals surface area contributed by atoms with Crippen molar-refractivity contribution in [1.82, 2.24) is 9.97 Å². The Morgan fingerprint density at radius 3 is 1.24 bits per heavy atom. The molecule has 8 heterocycles. The lowest BCUT2D eigenvalue weighted by Gasteiger charge is -2.03. The second kappa shape index (κ2) is 13.4. The van der Waals surface area contributed by atoms with E-state index in [1.165, 1.54) is 48.8 Å². The standard InChI is InChI=1S/C38H24N2S6/c1-3-31(41-21-1)33-13-15-37(45-33)35-11-9-27(43-35)7-5-25-17-19-39-29(23-25)30-24-26(18-20-40-30)6-8-28-10-12-36(44-28)38-16-14-34(46-38)32-4-2-22-42-32/h1-24H/b7-5+,8-6+. The quantitative estimate of drug-likeness (QED) is 0.150. The molecule has 0 bridgehead atoms. The maximum Gasteiger partial charge on any atom is 0.0892 e. The Hall–Kier alpha value is -4.02. The molecule has 8 aromatic heterocycles. The Labute approximate surface area is 291 Å². The van der Waals surface area contributed by atoms with Crippen molar-refractivity contribution in [3.8, 4) is 50.4 Å². The summed E-state index contributed by atoms with van der Waals surface area (Å²) in [6, 6.07) is 34.6. The molecule has 0 atom stereocenters. The third-order valence-corrected chi connectivity index (χ3v) is 14.0. The SMILES string of the molecule is C(=C\c1ccc(-c2ccc(-c3cccs3)s2)s1)/c1ccnc(-c2cc(/C=C/c3ccc(-c4ccc(-c5cccs5)s4)s3)ccn2)c1. The van der Waals surface area contributed by atoms with E-state index in [4.69, 9.17) is 0 Å². The zero-order valence-electron chi connectivity index (χ0n) is 24.2. The number of nitrogens with zero attached hydrogens (tertiary/aromatic N) is 2. The fraction of sp³-hybridized carbons (Fsp3) is 0. The van der Waals surface area contributed by atoms with Gasteiger partial charge in [-0.1, -0.05) is 24.3 Å². The zero-order valence-corrected chi connectivity index (χ0v) is 29.1. The van der Waals surface area contributed by atoms with Gasteiger partial charge in [-0.3, -0.25) is 9.97 Å². The molecule has 0 N–H and O–H groups in total. The number of hydrogen-bond acceptors (Lipinski definition) is 8. The molecule has 0 unspecified atom stereocenters. The van der Waals surface area contributed by atoms with Gasteiger partial charge in [0, 0.05) is 61.2 Å². The van der Waals surface area contributed by atoms with Gasteiger partial charge < -0.3 is 0 Å². The van der Waals surface area contributed by atoms with Gasteiger partial charge in [0.15, 0.2) is 0 Å². The van der Waals surface area contributed by atoms with Crippen LogP contribution in [0.25, 0.3) is 74.7 Å². The lowest BCUT2D eigenvalue weighted by Crippen LogP contribution is -1.88. The van der Waals surface area contributed by atoms with E-state index in [1.807, 2.05) is 69.9 Å². The van der Waals surface area contributed by atoms with Gasteiger partial charge in [-0.25, -0.2) is 0 Å². The molecule has 0 saturated heterocycles. The summed E-state index contributed by atoms with van der Waals surface area (Å²) in [7, 11) is 0. The minimum atomic E-state index is 0.863. The molecule has 0 radical (unpaired) electrons. The average Bonchev–Trinajstić information content (AvgIpc) is 3.94. The lowest BCUT2D eigenvalue weighted by molar-refractivity contribution is 1.24. The lowest BCUT2D eigenvalue weighted by atomic mass is 10.1. The van der Waals surface area contributed by atoms with Crippen LogP contribution < -0.4 is 0 Å². The van der Waals surface area contributed by atoms with E-state index in [0.29, 0.717) is 0 Å². The van der Waals surface area contributed by atoms with Crippen molar-refractivity contribution in [2.45, 2.75) is 0 Å². The molecule has 0 aliphatic heterocycles. The van der Waals surface area contributed by atoms with Gasteiger partial charge in [0.05, 0.1) is 11.4 Å². The van der Waals surface area contributed by atoms with Gasteiger partial charge in [-0.15, -0.1) is 68.0 Å². The monoisotopic (exact) mass is 700 g/mol. The van der Waals surface area contributed by atoms with Crippen LogP contribution in [-0.2, 0) is 0 Å². The molecule has 2 nitrogen and oxygen atoms in total. The Balaban J connectivity index is 0.945. The van der Waals surface area contributed by atoms with Crippen LogP contribution in [0.5, 0.6) is 0 Å². The first kappa shape index (κ1) is 29.4. The predicted molar refractivity (Wildman–Crippen MR) is 207 cm³/mol. The summed E-state index contributed by atoms with van der Waals surface area (Å²) in [5.41, 5.74) is 3.92.